The van der Waals surface area contributed by atoms with Crippen LogP contribution in [0.25, 0.3) is 0 Å². The second kappa shape index (κ2) is 3.39. The predicted molar refractivity (Wildman–Crippen MR) is 59.4 cm³/mol. The fourth-order valence-electron chi connectivity index (χ4n) is 2.45. The fourth-order valence-corrected chi connectivity index (χ4v) is 2.45. The molecule has 0 aromatic rings. The lowest BCUT2D eigenvalue weighted by Gasteiger charge is -2.29. The third kappa shape index (κ3) is 1.56. The molecule has 0 spiro atoms. The maximum Gasteiger partial charge on any atom is 0.231 e. The highest BCUT2D eigenvalue weighted by atomic mass is 16.9. The summed E-state index contributed by atoms with van der Waals surface area (Å²) in [5.41, 5.74) is -1.18. The van der Waals surface area contributed by atoms with E-state index in [1.54, 1.807) is 6.92 Å². The second-order valence-corrected chi connectivity index (χ2v) is 5.50. The highest BCUT2D eigenvalue weighted by molar-refractivity contribution is 5.86. The van der Waals surface area contributed by atoms with E-state index < -0.39 is 23.0 Å². The van der Waals surface area contributed by atoms with Gasteiger partial charge < -0.3 is 19.3 Å². The minimum absolute atomic E-state index is 0.0747. The highest BCUT2D eigenvalue weighted by Gasteiger charge is 2.73. The summed E-state index contributed by atoms with van der Waals surface area (Å²) in [6.45, 7) is 7.13. The summed E-state index contributed by atoms with van der Waals surface area (Å²) in [4.78, 5) is 23.1. The third-order valence-electron chi connectivity index (χ3n) is 3.84. The van der Waals surface area contributed by atoms with E-state index in [0.29, 0.717) is 0 Å². The van der Waals surface area contributed by atoms with Crippen LogP contribution >= 0.6 is 0 Å². The zero-order chi connectivity index (χ0) is 14.0. The van der Waals surface area contributed by atoms with Crippen molar-refractivity contribution in [2.45, 2.75) is 64.0 Å². The monoisotopic (exact) mass is 258 g/mol. The van der Waals surface area contributed by atoms with Crippen LogP contribution in [0.5, 0.6) is 0 Å². The third-order valence-corrected chi connectivity index (χ3v) is 3.84. The summed E-state index contributed by atoms with van der Waals surface area (Å²) < 4.78 is 16.4. The van der Waals surface area contributed by atoms with Crippen LogP contribution in [-0.2, 0) is 23.8 Å². The lowest BCUT2D eigenvalue weighted by molar-refractivity contribution is -0.271. The van der Waals surface area contributed by atoms with Crippen molar-refractivity contribution in [2.75, 3.05) is 0 Å². The first kappa shape index (κ1) is 13.6. The van der Waals surface area contributed by atoms with Crippen LogP contribution in [0.1, 0.15) is 41.0 Å². The number of Topliss-reactive ketones (excluding diaryl/α,β-unsaturated/α-hetero) is 2. The molecule has 6 heteroatoms. The molecule has 2 aliphatic rings. The molecule has 1 unspecified atom stereocenters. The zero-order valence-electron chi connectivity index (χ0n) is 11.2. The van der Waals surface area contributed by atoms with Gasteiger partial charge >= 0.3 is 0 Å². The van der Waals surface area contributed by atoms with Gasteiger partial charge in [0.2, 0.25) is 17.4 Å². The van der Waals surface area contributed by atoms with E-state index in [9.17, 15) is 14.7 Å². The Morgan fingerprint density at radius 2 is 1.56 bits per heavy atom. The molecule has 4 atom stereocenters. The summed E-state index contributed by atoms with van der Waals surface area (Å²) in [5, 5.41) is 10.5. The van der Waals surface area contributed by atoms with Gasteiger partial charge in [-0.15, -0.1) is 0 Å². The topological polar surface area (TPSA) is 82.1 Å². The average Bonchev–Trinajstić information content (AvgIpc) is 2.43. The average molecular weight is 258 g/mol. The molecule has 2 heterocycles. The summed E-state index contributed by atoms with van der Waals surface area (Å²) in [6.07, 6.45) is -0.0747. The highest BCUT2D eigenvalue weighted by Crippen LogP contribution is 2.55. The molecule has 0 aliphatic carbocycles. The molecular weight excluding hydrogens is 240 g/mol. The van der Waals surface area contributed by atoms with Gasteiger partial charge in [0.1, 0.15) is 5.60 Å². The summed E-state index contributed by atoms with van der Waals surface area (Å²) >= 11 is 0. The second-order valence-electron chi connectivity index (χ2n) is 5.50. The standard InChI is InChI=1S/C12H18O6/c1-7(13)9(3)6-12(15)11(5,16-9)17-10(4,18-12)8(2)14/h15H,6H2,1-5H3/t9-,10-,11?,12+/m0/s1. The van der Waals surface area contributed by atoms with Crippen molar-refractivity contribution < 1.29 is 28.9 Å². The molecule has 2 aliphatic heterocycles. The number of hydrogen-bond donors (Lipinski definition) is 1. The van der Waals surface area contributed by atoms with Crippen LogP contribution in [-0.4, -0.2) is 39.6 Å². The van der Waals surface area contributed by atoms with Gasteiger partial charge in [-0.25, -0.2) is 0 Å². The molecule has 2 rings (SSSR count). The van der Waals surface area contributed by atoms with Crippen molar-refractivity contribution in [3.63, 3.8) is 0 Å². The van der Waals surface area contributed by atoms with E-state index in [4.69, 9.17) is 14.2 Å². The Kier molecular flexibility index (Phi) is 2.56. The molecule has 0 aromatic carbocycles. The molecule has 0 amide bonds. The molecular formula is C12H18O6. The maximum absolute atomic E-state index is 11.6. The molecule has 18 heavy (non-hydrogen) atoms. The van der Waals surface area contributed by atoms with Crippen molar-refractivity contribution in [3.05, 3.63) is 0 Å². The molecule has 102 valence electrons. The normalized spacial score (nSPS) is 51.2. The number of carbonyl (C=O) groups excluding carboxylic acids is 2. The Morgan fingerprint density at radius 1 is 1.00 bits per heavy atom. The quantitative estimate of drug-likeness (QED) is 0.777. The lowest BCUT2D eigenvalue weighted by atomic mass is 9.94. The van der Waals surface area contributed by atoms with Gasteiger partial charge in [-0.3, -0.25) is 9.59 Å². The minimum Gasteiger partial charge on any atom is -0.361 e. The molecule has 1 N–H and O–H groups in total. The largest absolute Gasteiger partial charge is 0.361 e. The van der Waals surface area contributed by atoms with Gasteiger partial charge in [0, 0.05) is 13.3 Å². The summed E-state index contributed by atoms with van der Waals surface area (Å²) in [7, 11) is 0. The number of carbonyl (C=O) groups is 2. The van der Waals surface area contributed by atoms with Crippen molar-refractivity contribution in [3.8, 4) is 0 Å². The smallest absolute Gasteiger partial charge is 0.231 e. The van der Waals surface area contributed by atoms with Crippen molar-refractivity contribution in [2.24, 2.45) is 0 Å². The van der Waals surface area contributed by atoms with Gasteiger partial charge in [0.05, 0.1) is 0 Å². The number of rotatable bonds is 2. The Labute approximate surface area is 105 Å². The summed E-state index contributed by atoms with van der Waals surface area (Å²) in [5.74, 6) is -5.51. The maximum atomic E-state index is 11.6. The van der Waals surface area contributed by atoms with Gasteiger partial charge in [-0.2, -0.15) is 0 Å². The van der Waals surface area contributed by atoms with E-state index in [-0.39, 0.29) is 18.0 Å². The number of ether oxygens (including phenoxy) is 3. The number of ketones is 2. The zero-order valence-corrected chi connectivity index (χ0v) is 11.2. The van der Waals surface area contributed by atoms with Crippen LogP contribution in [0, 0.1) is 0 Å². The van der Waals surface area contributed by atoms with Crippen LogP contribution < -0.4 is 0 Å². The fraction of sp³-hybridized carbons (Fsp3) is 0.833. The molecule has 2 fully saturated rings. The van der Waals surface area contributed by atoms with Crippen molar-refractivity contribution in [1.29, 1.82) is 0 Å². The molecule has 2 saturated heterocycles. The number of fused-ring (bicyclic) bond motifs is 1. The molecule has 0 radical (unpaired) electrons. The number of aliphatic hydroxyl groups is 1. The van der Waals surface area contributed by atoms with Crippen LogP contribution in [0.4, 0.5) is 0 Å². The molecule has 0 aromatic heterocycles. The molecule has 0 saturated carbocycles. The Balaban J connectivity index is 2.37. The predicted octanol–water partition coefficient (Wildman–Crippen LogP) is 0.511. The lowest BCUT2D eigenvalue weighted by Crippen LogP contribution is -2.45. The first-order valence-electron chi connectivity index (χ1n) is 5.81. The minimum atomic E-state index is -1.81. The SMILES string of the molecule is CC(=O)[C@@]1(C)OC2(C)O[C@](C)(C(C)=O)C[C@@]2(O)O1. The molecule has 6 nitrogen and oxygen atoms in total. The Morgan fingerprint density at radius 3 is 1.94 bits per heavy atom. The van der Waals surface area contributed by atoms with Gasteiger partial charge in [0.25, 0.3) is 0 Å². The Hall–Kier alpha value is -0.820. The molecule has 0 bridgehead atoms. The van der Waals surface area contributed by atoms with Gasteiger partial charge in [-0.1, -0.05) is 0 Å². The number of hydrogen-bond acceptors (Lipinski definition) is 6. The first-order chi connectivity index (χ1) is 7.97. The van der Waals surface area contributed by atoms with Gasteiger partial charge in [-0.05, 0) is 27.7 Å². The van der Waals surface area contributed by atoms with Gasteiger partial charge in [0.15, 0.2) is 11.6 Å². The van der Waals surface area contributed by atoms with E-state index in [1.165, 1.54) is 27.7 Å². The van der Waals surface area contributed by atoms with E-state index in [1.807, 2.05) is 0 Å². The van der Waals surface area contributed by atoms with E-state index in [0.717, 1.165) is 0 Å². The Bertz CT molecular complexity index is 374. The van der Waals surface area contributed by atoms with Crippen LogP contribution in [0.2, 0.25) is 0 Å². The van der Waals surface area contributed by atoms with Crippen molar-refractivity contribution in [1.82, 2.24) is 0 Å². The van der Waals surface area contributed by atoms with Crippen LogP contribution in [0.3, 0.4) is 0 Å². The van der Waals surface area contributed by atoms with E-state index in [2.05, 4.69) is 0 Å². The summed E-state index contributed by atoms with van der Waals surface area (Å²) in [6, 6.07) is 0. The van der Waals surface area contributed by atoms with Crippen molar-refractivity contribution >= 4 is 11.6 Å². The van der Waals surface area contributed by atoms with Crippen LogP contribution in [0.15, 0.2) is 0 Å². The first-order valence-corrected chi connectivity index (χ1v) is 5.81. The van der Waals surface area contributed by atoms with E-state index >= 15 is 0 Å².